The van der Waals surface area contributed by atoms with Gasteiger partial charge in [0.25, 0.3) is 0 Å². The molecule has 0 amide bonds. The molecule has 0 saturated carbocycles. The summed E-state index contributed by atoms with van der Waals surface area (Å²) in [7, 11) is 0. The van der Waals surface area contributed by atoms with Crippen LogP contribution in [0, 0.1) is 5.92 Å². The molecule has 1 N–H and O–H groups in total. The second-order valence-electron chi connectivity index (χ2n) is 2.70. The molecule has 1 aliphatic heterocycles. The highest BCUT2D eigenvalue weighted by atomic mass is 32.2. The number of hydrogen-bond acceptors (Lipinski definition) is 2. The molecule has 1 rings (SSSR count). The van der Waals surface area contributed by atoms with E-state index in [0.717, 1.165) is 5.75 Å². The predicted octanol–water partition coefficient (Wildman–Crippen LogP) is 1.68. The predicted molar refractivity (Wildman–Crippen MR) is 46.3 cm³/mol. The first kappa shape index (κ1) is 8.15. The second-order valence-corrected chi connectivity index (χ2v) is 3.85. The van der Waals surface area contributed by atoms with Crippen LogP contribution in [-0.2, 0) is 0 Å². The quantitative estimate of drug-likeness (QED) is 0.617. The van der Waals surface area contributed by atoms with Crippen molar-refractivity contribution in [2.24, 2.45) is 5.92 Å². The van der Waals surface area contributed by atoms with Crippen molar-refractivity contribution in [2.75, 3.05) is 11.5 Å². The Morgan fingerprint density at radius 3 is 3.00 bits per heavy atom. The van der Waals surface area contributed by atoms with Gasteiger partial charge in [0.2, 0.25) is 0 Å². The molecule has 0 aromatic rings. The van der Waals surface area contributed by atoms with Gasteiger partial charge < -0.3 is 5.11 Å². The molecule has 58 valence electrons. The largest absolute Gasteiger partial charge is 0.389 e. The van der Waals surface area contributed by atoms with Gasteiger partial charge >= 0.3 is 0 Å². The standard InChI is InChI=1S/C8H14OS/c1-2-8(9)7-4-3-5-10-6-7/h2,7-9H,1,3-6H2. The minimum Gasteiger partial charge on any atom is -0.389 e. The van der Waals surface area contributed by atoms with Crippen LogP contribution >= 0.6 is 11.8 Å². The van der Waals surface area contributed by atoms with Crippen LogP contribution in [0.5, 0.6) is 0 Å². The Kier molecular flexibility index (Phi) is 3.29. The lowest BCUT2D eigenvalue weighted by molar-refractivity contribution is 0.157. The van der Waals surface area contributed by atoms with E-state index in [1.807, 2.05) is 11.8 Å². The topological polar surface area (TPSA) is 20.2 Å². The molecule has 0 spiro atoms. The summed E-state index contributed by atoms with van der Waals surface area (Å²) in [6, 6.07) is 0. The Balaban J connectivity index is 2.30. The maximum absolute atomic E-state index is 9.35. The van der Waals surface area contributed by atoms with Crippen LogP contribution in [0.1, 0.15) is 12.8 Å². The fourth-order valence-corrected chi connectivity index (χ4v) is 2.43. The molecule has 1 nitrogen and oxygen atoms in total. The van der Waals surface area contributed by atoms with Gasteiger partial charge in [-0.1, -0.05) is 6.08 Å². The van der Waals surface area contributed by atoms with Crippen LogP contribution in [-0.4, -0.2) is 22.7 Å². The molecule has 2 unspecified atom stereocenters. The average molecular weight is 158 g/mol. The normalized spacial score (nSPS) is 29.5. The number of rotatable bonds is 2. The SMILES string of the molecule is C=CC(O)C1CCCSC1. The minimum absolute atomic E-state index is 0.271. The molecule has 0 aromatic heterocycles. The lowest BCUT2D eigenvalue weighted by Crippen LogP contribution is -2.23. The van der Waals surface area contributed by atoms with Crippen molar-refractivity contribution in [1.29, 1.82) is 0 Å². The number of aliphatic hydroxyl groups excluding tert-OH is 1. The zero-order chi connectivity index (χ0) is 7.40. The first-order valence-corrected chi connectivity index (χ1v) is 4.88. The lowest BCUT2D eigenvalue weighted by atomic mass is 9.99. The van der Waals surface area contributed by atoms with Crippen molar-refractivity contribution >= 4 is 11.8 Å². The molecule has 0 radical (unpaired) electrons. The smallest absolute Gasteiger partial charge is 0.0754 e. The maximum atomic E-state index is 9.35. The van der Waals surface area contributed by atoms with Crippen LogP contribution in [0.2, 0.25) is 0 Å². The van der Waals surface area contributed by atoms with Gasteiger partial charge in [0, 0.05) is 0 Å². The van der Waals surface area contributed by atoms with Crippen molar-refractivity contribution in [1.82, 2.24) is 0 Å². The molecule has 2 heteroatoms. The molecule has 1 saturated heterocycles. The van der Waals surface area contributed by atoms with E-state index in [9.17, 15) is 5.11 Å². The molecular weight excluding hydrogens is 144 g/mol. The van der Waals surface area contributed by atoms with Crippen LogP contribution in [0.15, 0.2) is 12.7 Å². The fraction of sp³-hybridized carbons (Fsp3) is 0.750. The summed E-state index contributed by atoms with van der Waals surface area (Å²) in [6.07, 6.45) is 3.80. The Morgan fingerprint density at radius 2 is 2.50 bits per heavy atom. The van der Waals surface area contributed by atoms with E-state index in [1.54, 1.807) is 6.08 Å². The fourth-order valence-electron chi connectivity index (χ4n) is 1.23. The van der Waals surface area contributed by atoms with E-state index in [4.69, 9.17) is 0 Å². The highest BCUT2D eigenvalue weighted by Gasteiger charge is 2.18. The van der Waals surface area contributed by atoms with Crippen LogP contribution < -0.4 is 0 Å². The van der Waals surface area contributed by atoms with E-state index in [-0.39, 0.29) is 6.10 Å². The van der Waals surface area contributed by atoms with Gasteiger partial charge in [-0.2, -0.15) is 11.8 Å². The zero-order valence-electron chi connectivity index (χ0n) is 6.12. The highest BCUT2D eigenvalue weighted by Crippen LogP contribution is 2.25. The highest BCUT2D eigenvalue weighted by molar-refractivity contribution is 7.99. The summed E-state index contributed by atoms with van der Waals surface area (Å²) in [5, 5.41) is 9.35. The van der Waals surface area contributed by atoms with E-state index in [1.165, 1.54) is 18.6 Å². The first-order chi connectivity index (χ1) is 4.84. The third kappa shape index (κ3) is 2.03. The number of hydrogen-bond donors (Lipinski definition) is 1. The van der Waals surface area contributed by atoms with Crippen LogP contribution in [0.25, 0.3) is 0 Å². The molecule has 10 heavy (non-hydrogen) atoms. The molecule has 1 fully saturated rings. The van der Waals surface area contributed by atoms with Gasteiger partial charge in [0.1, 0.15) is 0 Å². The van der Waals surface area contributed by atoms with E-state index in [0.29, 0.717) is 5.92 Å². The first-order valence-electron chi connectivity index (χ1n) is 3.73. The summed E-state index contributed by atoms with van der Waals surface area (Å²) in [6.45, 7) is 3.58. The Morgan fingerprint density at radius 1 is 1.70 bits per heavy atom. The molecule has 2 atom stereocenters. The third-order valence-corrected chi connectivity index (χ3v) is 3.16. The van der Waals surface area contributed by atoms with E-state index < -0.39 is 0 Å². The van der Waals surface area contributed by atoms with Gasteiger partial charge in [0.05, 0.1) is 6.10 Å². The molecule has 0 bridgehead atoms. The van der Waals surface area contributed by atoms with Crippen molar-refractivity contribution in [3.63, 3.8) is 0 Å². The van der Waals surface area contributed by atoms with Gasteiger partial charge in [-0.25, -0.2) is 0 Å². The van der Waals surface area contributed by atoms with E-state index >= 15 is 0 Å². The van der Waals surface area contributed by atoms with E-state index in [2.05, 4.69) is 6.58 Å². The average Bonchev–Trinajstić information content (AvgIpc) is 2.05. The molecule has 0 aromatic carbocycles. The van der Waals surface area contributed by atoms with Crippen LogP contribution in [0.4, 0.5) is 0 Å². The molecule has 1 heterocycles. The molecule has 0 aliphatic carbocycles. The van der Waals surface area contributed by atoms with Crippen molar-refractivity contribution in [3.8, 4) is 0 Å². The number of aliphatic hydroxyl groups is 1. The summed E-state index contributed by atoms with van der Waals surface area (Å²) >= 11 is 1.94. The molecule has 1 aliphatic rings. The van der Waals surface area contributed by atoms with Gasteiger partial charge in [0.15, 0.2) is 0 Å². The summed E-state index contributed by atoms with van der Waals surface area (Å²) in [5.41, 5.74) is 0. The van der Waals surface area contributed by atoms with Crippen LogP contribution in [0.3, 0.4) is 0 Å². The lowest BCUT2D eigenvalue weighted by Gasteiger charge is -2.23. The van der Waals surface area contributed by atoms with Gasteiger partial charge in [-0.15, -0.1) is 6.58 Å². The minimum atomic E-state index is -0.271. The summed E-state index contributed by atoms with van der Waals surface area (Å²) in [4.78, 5) is 0. The van der Waals surface area contributed by atoms with Gasteiger partial charge in [-0.05, 0) is 30.3 Å². The molecular formula is C8H14OS. The van der Waals surface area contributed by atoms with Gasteiger partial charge in [-0.3, -0.25) is 0 Å². The maximum Gasteiger partial charge on any atom is 0.0754 e. The Labute approximate surface area is 66.5 Å². The summed E-state index contributed by atoms with van der Waals surface area (Å²) < 4.78 is 0. The summed E-state index contributed by atoms with van der Waals surface area (Å²) in [5.74, 6) is 2.84. The second kappa shape index (κ2) is 4.04. The Bertz CT molecular complexity index is 108. The monoisotopic (exact) mass is 158 g/mol. The Hall–Kier alpha value is 0.0500. The van der Waals surface area contributed by atoms with Crippen molar-refractivity contribution in [3.05, 3.63) is 12.7 Å². The van der Waals surface area contributed by atoms with Crippen molar-refractivity contribution < 1.29 is 5.11 Å². The third-order valence-electron chi connectivity index (χ3n) is 1.92. The van der Waals surface area contributed by atoms with Crippen molar-refractivity contribution in [2.45, 2.75) is 18.9 Å². The zero-order valence-corrected chi connectivity index (χ0v) is 6.94. The number of thioether (sulfide) groups is 1.